The number of hydrogen-bond donors (Lipinski definition) is 0. The Labute approximate surface area is 202 Å². The van der Waals surface area contributed by atoms with Crippen LogP contribution in [0.2, 0.25) is 0 Å². The molecule has 1 fully saturated rings. The van der Waals surface area contributed by atoms with Gasteiger partial charge in [0.15, 0.2) is 0 Å². The second kappa shape index (κ2) is 14.4. The van der Waals surface area contributed by atoms with Gasteiger partial charge in [-0.05, 0) is 39.6 Å². The lowest BCUT2D eigenvalue weighted by atomic mass is 9.95. The molecular formula is C28H37NO5. The predicted octanol–water partition coefficient (Wildman–Crippen LogP) is 3.93. The van der Waals surface area contributed by atoms with Gasteiger partial charge in [-0.2, -0.15) is 0 Å². The Bertz CT molecular complexity index is 923. The van der Waals surface area contributed by atoms with Crippen molar-refractivity contribution in [2.45, 2.75) is 6.42 Å². The van der Waals surface area contributed by atoms with Crippen molar-refractivity contribution in [3.8, 4) is 0 Å². The van der Waals surface area contributed by atoms with Gasteiger partial charge in [0.2, 0.25) is 0 Å². The summed E-state index contributed by atoms with van der Waals surface area (Å²) in [5, 5.41) is 5.28. The van der Waals surface area contributed by atoms with Crippen molar-refractivity contribution < 1.29 is 23.7 Å². The highest BCUT2D eigenvalue weighted by Gasteiger charge is 2.11. The molecule has 4 rings (SSSR count). The maximum atomic E-state index is 5.83. The Balaban J connectivity index is 1.39. The molecule has 184 valence electrons. The van der Waals surface area contributed by atoms with Crippen LogP contribution in [0.1, 0.15) is 5.56 Å². The minimum absolute atomic E-state index is 0.580. The second-order valence-electron chi connectivity index (χ2n) is 8.45. The molecule has 0 saturated carbocycles. The smallest absolute Gasteiger partial charge is 0.0701 e. The molecule has 6 heteroatoms. The van der Waals surface area contributed by atoms with Gasteiger partial charge in [0, 0.05) is 19.6 Å². The molecular weight excluding hydrogens is 430 g/mol. The average molecular weight is 468 g/mol. The summed E-state index contributed by atoms with van der Waals surface area (Å²) in [4.78, 5) is 2.44. The van der Waals surface area contributed by atoms with E-state index in [1.807, 2.05) is 0 Å². The van der Waals surface area contributed by atoms with Gasteiger partial charge in [0.05, 0.1) is 66.1 Å². The van der Waals surface area contributed by atoms with Crippen molar-refractivity contribution in [3.63, 3.8) is 0 Å². The minimum atomic E-state index is 0.580. The van der Waals surface area contributed by atoms with Crippen LogP contribution in [0.25, 0.3) is 21.5 Å². The highest BCUT2D eigenvalue weighted by atomic mass is 16.6. The number of rotatable bonds is 3. The van der Waals surface area contributed by atoms with Crippen LogP contribution in [0.15, 0.2) is 54.6 Å². The van der Waals surface area contributed by atoms with Crippen LogP contribution in [-0.4, -0.2) is 90.6 Å². The number of fused-ring (bicyclic) bond motifs is 2. The number of ether oxygens (including phenoxy) is 5. The Morgan fingerprint density at radius 1 is 0.529 bits per heavy atom. The zero-order valence-corrected chi connectivity index (χ0v) is 20.1. The average Bonchev–Trinajstić information content (AvgIpc) is 2.87. The molecule has 1 aliphatic rings. The second-order valence-corrected chi connectivity index (χ2v) is 8.45. The molecule has 1 saturated heterocycles. The molecule has 0 N–H and O–H groups in total. The predicted molar refractivity (Wildman–Crippen MR) is 136 cm³/mol. The summed E-state index contributed by atoms with van der Waals surface area (Å²) in [6, 6.07) is 19.7. The molecule has 3 aromatic carbocycles. The molecule has 0 atom stereocenters. The van der Waals surface area contributed by atoms with Crippen LogP contribution in [0.4, 0.5) is 0 Å². The summed E-state index contributed by atoms with van der Waals surface area (Å²) in [5.41, 5.74) is 1.42. The fraction of sp³-hybridized carbons (Fsp3) is 0.500. The lowest BCUT2D eigenvalue weighted by molar-refractivity contribution is -0.0184. The van der Waals surface area contributed by atoms with Gasteiger partial charge in [-0.25, -0.2) is 0 Å². The Morgan fingerprint density at radius 2 is 0.941 bits per heavy atom. The molecule has 34 heavy (non-hydrogen) atoms. The number of nitrogens with zero attached hydrogens (tertiary/aromatic N) is 1. The van der Waals surface area contributed by atoms with Crippen molar-refractivity contribution in [2.75, 3.05) is 85.7 Å². The summed E-state index contributed by atoms with van der Waals surface area (Å²) in [6.07, 6.45) is 0.980. The molecule has 3 aromatic rings. The highest BCUT2D eigenvalue weighted by Crippen LogP contribution is 2.29. The van der Waals surface area contributed by atoms with Gasteiger partial charge >= 0.3 is 0 Å². The van der Waals surface area contributed by atoms with Crippen molar-refractivity contribution >= 4 is 21.5 Å². The third-order valence-corrected chi connectivity index (χ3v) is 6.15. The largest absolute Gasteiger partial charge is 0.378 e. The van der Waals surface area contributed by atoms with E-state index in [-0.39, 0.29) is 0 Å². The fourth-order valence-corrected chi connectivity index (χ4v) is 4.35. The minimum Gasteiger partial charge on any atom is -0.378 e. The number of hydrogen-bond acceptors (Lipinski definition) is 6. The lowest BCUT2D eigenvalue weighted by Crippen LogP contribution is -2.33. The molecule has 0 radical (unpaired) electrons. The Kier molecular flexibility index (Phi) is 10.6. The van der Waals surface area contributed by atoms with Crippen LogP contribution in [-0.2, 0) is 30.1 Å². The molecule has 0 spiro atoms. The van der Waals surface area contributed by atoms with Gasteiger partial charge in [-0.3, -0.25) is 4.90 Å². The molecule has 1 aliphatic heterocycles. The van der Waals surface area contributed by atoms with E-state index in [9.17, 15) is 0 Å². The zero-order chi connectivity index (χ0) is 23.3. The molecule has 0 aromatic heterocycles. The molecule has 0 unspecified atom stereocenters. The zero-order valence-electron chi connectivity index (χ0n) is 20.1. The maximum Gasteiger partial charge on any atom is 0.0701 e. The first kappa shape index (κ1) is 25.0. The summed E-state index contributed by atoms with van der Waals surface area (Å²) in [7, 11) is 0. The van der Waals surface area contributed by atoms with E-state index < -0.39 is 0 Å². The third-order valence-electron chi connectivity index (χ3n) is 6.15. The van der Waals surface area contributed by atoms with E-state index in [0.717, 1.165) is 26.1 Å². The molecule has 0 aliphatic carbocycles. The quantitative estimate of drug-likeness (QED) is 0.544. The summed E-state index contributed by atoms with van der Waals surface area (Å²) < 4.78 is 28.3. The van der Waals surface area contributed by atoms with Crippen LogP contribution in [0, 0.1) is 0 Å². The van der Waals surface area contributed by atoms with Crippen LogP contribution in [0.3, 0.4) is 0 Å². The molecule has 0 amide bonds. The van der Waals surface area contributed by atoms with E-state index in [0.29, 0.717) is 66.1 Å². The van der Waals surface area contributed by atoms with E-state index in [1.54, 1.807) is 0 Å². The van der Waals surface area contributed by atoms with Crippen LogP contribution in [0.5, 0.6) is 0 Å². The van der Waals surface area contributed by atoms with Crippen molar-refractivity contribution in [2.24, 2.45) is 0 Å². The SMILES string of the molecule is c1ccc2c(CCN3CCOCCOCCOCCOCCOCC3)c3ccccc3cc2c1. The monoisotopic (exact) mass is 467 g/mol. The number of benzene rings is 3. The summed E-state index contributed by atoms with van der Waals surface area (Å²) in [6.45, 7) is 8.74. The van der Waals surface area contributed by atoms with E-state index in [2.05, 4.69) is 59.5 Å². The molecule has 1 heterocycles. The van der Waals surface area contributed by atoms with E-state index >= 15 is 0 Å². The first-order chi connectivity index (χ1) is 16.9. The highest BCUT2D eigenvalue weighted by molar-refractivity contribution is 6.02. The Hall–Kier alpha value is -2.06. The van der Waals surface area contributed by atoms with Gasteiger partial charge in [0.25, 0.3) is 0 Å². The van der Waals surface area contributed by atoms with Gasteiger partial charge in [-0.1, -0.05) is 48.5 Å². The first-order valence-electron chi connectivity index (χ1n) is 12.4. The van der Waals surface area contributed by atoms with E-state index in [4.69, 9.17) is 23.7 Å². The standard InChI is InChI=1S/C28H37NO5/c1-3-7-26-24(5-1)23-25-6-2-4-8-27(25)28(26)9-10-29-11-13-30-15-17-32-19-21-34-22-20-33-18-16-31-14-12-29/h1-8,23H,9-22H2. The van der Waals surface area contributed by atoms with Crippen molar-refractivity contribution in [3.05, 3.63) is 60.2 Å². The van der Waals surface area contributed by atoms with Gasteiger partial charge in [-0.15, -0.1) is 0 Å². The molecule has 6 nitrogen and oxygen atoms in total. The van der Waals surface area contributed by atoms with Crippen molar-refractivity contribution in [1.29, 1.82) is 0 Å². The molecule has 0 bridgehead atoms. The van der Waals surface area contributed by atoms with Gasteiger partial charge in [0.1, 0.15) is 0 Å². The van der Waals surface area contributed by atoms with Gasteiger partial charge < -0.3 is 23.7 Å². The normalized spacial score (nSPS) is 19.1. The summed E-state index contributed by atoms with van der Waals surface area (Å²) in [5.74, 6) is 0. The topological polar surface area (TPSA) is 49.4 Å². The summed E-state index contributed by atoms with van der Waals surface area (Å²) >= 11 is 0. The van der Waals surface area contributed by atoms with Crippen LogP contribution < -0.4 is 0 Å². The lowest BCUT2D eigenvalue weighted by Gasteiger charge is -2.23. The first-order valence-corrected chi connectivity index (χ1v) is 12.4. The van der Waals surface area contributed by atoms with Crippen molar-refractivity contribution in [1.82, 2.24) is 4.90 Å². The maximum absolute atomic E-state index is 5.83. The third kappa shape index (κ3) is 7.73. The Morgan fingerprint density at radius 3 is 1.41 bits per heavy atom. The van der Waals surface area contributed by atoms with E-state index in [1.165, 1.54) is 27.1 Å². The fourth-order valence-electron chi connectivity index (χ4n) is 4.35. The van der Waals surface area contributed by atoms with Crippen LogP contribution >= 0.6 is 0 Å².